The van der Waals surface area contributed by atoms with Gasteiger partial charge in [0.05, 0.1) is 16.2 Å². The van der Waals surface area contributed by atoms with Crippen LogP contribution in [0, 0.1) is 3.57 Å². The van der Waals surface area contributed by atoms with E-state index in [0.29, 0.717) is 16.7 Å². The van der Waals surface area contributed by atoms with Gasteiger partial charge in [-0.3, -0.25) is 0 Å². The van der Waals surface area contributed by atoms with Crippen LogP contribution in [0.15, 0.2) is 48.5 Å². The molecule has 2 nitrogen and oxygen atoms in total. The Morgan fingerprint density at radius 2 is 1.74 bits per heavy atom. The molecule has 0 radical (unpaired) electrons. The van der Waals surface area contributed by atoms with Crippen molar-refractivity contribution < 1.29 is 17.9 Å². The quantitative estimate of drug-likeness (QED) is 0.500. The first kappa shape index (κ1) is 16.0. The molecule has 3 aromatic rings. The molecule has 0 aliphatic heterocycles. The van der Waals surface area contributed by atoms with Gasteiger partial charge in [0, 0.05) is 17.0 Å². The van der Waals surface area contributed by atoms with Gasteiger partial charge in [-0.15, -0.1) is 0 Å². The summed E-state index contributed by atoms with van der Waals surface area (Å²) < 4.78 is 45.3. The molecule has 0 atom stereocenters. The first-order valence-corrected chi connectivity index (χ1v) is 7.79. The molecule has 1 aromatic heterocycles. The molecule has 118 valence electrons. The topological polar surface area (TPSA) is 22.1 Å². The van der Waals surface area contributed by atoms with Gasteiger partial charge in [0.2, 0.25) is 0 Å². The fourth-order valence-corrected chi connectivity index (χ4v) is 3.45. The molecule has 0 N–H and O–H groups in total. The van der Waals surface area contributed by atoms with Crippen molar-refractivity contribution in [3.05, 3.63) is 57.8 Å². The molecule has 3 rings (SSSR count). The molecule has 1 heterocycles. The lowest BCUT2D eigenvalue weighted by Gasteiger charge is -2.16. The molecular formula is C17H11F3INO. The van der Waals surface area contributed by atoms with Crippen LogP contribution < -0.4 is 4.74 Å². The highest BCUT2D eigenvalue weighted by Gasteiger charge is 2.36. The first-order valence-electron chi connectivity index (χ1n) is 6.71. The van der Waals surface area contributed by atoms with Gasteiger partial charge in [-0.05, 0) is 40.3 Å². The van der Waals surface area contributed by atoms with Gasteiger partial charge in [0.15, 0.2) is 5.69 Å². The number of pyridine rings is 1. The van der Waals surface area contributed by atoms with Crippen LogP contribution >= 0.6 is 22.6 Å². The van der Waals surface area contributed by atoms with Crippen molar-refractivity contribution in [3.63, 3.8) is 0 Å². The molecule has 0 saturated carbocycles. The Morgan fingerprint density at radius 1 is 1.04 bits per heavy atom. The van der Waals surface area contributed by atoms with Crippen LogP contribution in [0.25, 0.3) is 22.0 Å². The van der Waals surface area contributed by atoms with Gasteiger partial charge in [0.25, 0.3) is 0 Å². The SMILES string of the molecule is COc1ccc2c(-c3ccccc3)c(I)c(C(F)(F)F)nc2c1. The van der Waals surface area contributed by atoms with E-state index in [1.54, 1.807) is 59.0 Å². The summed E-state index contributed by atoms with van der Waals surface area (Å²) in [5, 5.41) is 0.661. The fourth-order valence-electron chi connectivity index (χ4n) is 2.42. The summed E-state index contributed by atoms with van der Waals surface area (Å²) >= 11 is 1.72. The van der Waals surface area contributed by atoms with Gasteiger partial charge in [0.1, 0.15) is 5.75 Å². The second-order valence-electron chi connectivity index (χ2n) is 4.90. The van der Waals surface area contributed by atoms with E-state index < -0.39 is 11.9 Å². The summed E-state index contributed by atoms with van der Waals surface area (Å²) in [6.45, 7) is 0. The zero-order valence-corrected chi connectivity index (χ0v) is 14.1. The average molecular weight is 429 g/mol. The lowest BCUT2D eigenvalue weighted by molar-refractivity contribution is -0.141. The van der Waals surface area contributed by atoms with Crippen molar-refractivity contribution >= 4 is 33.5 Å². The van der Waals surface area contributed by atoms with Gasteiger partial charge >= 0.3 is 6.18 Å². The summed E-state index contributed by atoms with van der Waals surface area (Å²) in [4.78, 5) is 3.83. The molecule has 2 aromatic carbocycles. The minimum Gasteiger partial charge on any atom is -0.497 e. The van der Waals surface area contributed by atoms with E-state index in [-0.39, 0.29) is 9.09 Å². The molecule has 0 aliphatic carbocycles. The summed E-state index contributed by atoms with van der Waals surface area (Å²) in [7, 11) is 1.47. The zero-order valence-electron chi connectivity index (χ0n) is 12.0. The lowest BCUT2D eigenvalue weighted by atomic mass is 10.00. The Kier molecular flexibility index (Phi) is 4.18. The smallest absolute Gasteiger partial charge is 0.434 e. The number of aromatic nitrogens is 1. The van der Waals surface area contributed by atoms with Crippen LogP contribution in [0.4, 0.5) is 13.2 Å². The van der Waals surface area contributed by atoms with Crippen molar-refractivity contribution in [2.45, 2.75) is 6.18 Å². The van der Waals surface area contributed by atoms with E-state index in [2.05, 4.69) is 4.98 Å². The summed E-state index contributed by atoms with van der Waals surface area (Å²) in [6.07, 6.45) is -4.52. The molecule has 0 amide bonds. The molecule has 6 heteroatoms. The number of nitrogens with zero attached hydrogens (tertiary/aromatic N) is 1. The molecule has 23 heavy (non-hydrogen) atoms. The van der Waals surface area contributed by atoms with Gasteiger partial charge in [-0.1, -0.05) is 30.3 Å². The largest absolute Gasteiger partial charge is 0.497 e. The molecule has 0 bridgehead atoms. The number of halogens is 4. The maximum Gasteiger partial charge on any atom is 0.434 e. The first-order chi connectivity index (χ1) is 10.9. The number of fused-ring (bicyclic) bond motifs is 1. The maximum absolute atomic E-state index is 13.4. The number of hydrogen-bond donors (Lipinski definition) is 0. The van der Waals surface area contributed by atoms with Crippen LogP contribution in [-0.4, -0.2) is 12.1 Å². The predicted molar refractivity (Wildman–Crippen MR) is 91.5 cm³/mol. The summed E-state index contributed by atoms with van der Waals surface area (Å²) in [6, 6.07) is 14.0. The predicted octanol–water partition coefficient (Wildman–Crippen LogP) is 5.53. The van der Waals surface area contributed by atoms with Crippen molar-refractivity contribution in [1.82, 2.24) is 4.98 Å². The zero-order chi connectivity index (χ0) is 16.6. The van der Waals surface area contributed by atoms with E-state index in [1.165, 1.54) is 13.2 Å². The monoisotopic (exact) mass is 429 g/mol. The molecule has 0 unspecified atom stereocenters. The standard InChI is InChI=1S/C17H11F3INO/c1-23-11-7-8-12-13(9-11)22-16(17(18,19)20)15(21)14(12)10-5-3-2-4-6-10/h2-9H,1H3. The highest BCUT2D eigenvalue weighted by atomic mass is 127. The van der Waals surface area contributed by atoms with Crippen LogP contribution in [0.2, 0.25) is 0 Å². The number of benzene rings is 2. The lowest BCUT2D eigenvalue weighted by Crippen LogP contribution is -2.12. The van der Waals surface area contributed by atoms with Gasteiger partial charge in [-0.2, -0.15) is 13.2 Å². The number of rotatable bonds is 2. The minimum absolute atomic E-state index is 0.0963. The number of hydrogen-bond acceptors (Lipinski definition) is 2. The third-order valence-electron chi connectivity index (χ3n) is 3.46. The molecule has 0 spiro atoms. The van der Waals surface area contributed by atoms with Crippen LogP contribution in [0.3, 0.4) is 0 Å². The van der Waals surface area contributed by atoms with Crippen molar-refractivity contribution in [2.24, 2.45) is 0 Å². The molecule has 0 saturated heterocycles. The van der Waals surface area contributed by atoms with Crippen LogP contribution in [0.1, 0.15) is 5.69 Å². The highest BCUT2D eigenvalue weighted by molar-refractivity contribution is 14.1. The maximum atomic E-state index is 13.4. The van der Waals surface area contributed by atoms with Crippen LogP contribution in [-0.2, 0) is 6.18 Å². The van der Waals surface area contributed by atoms with Crippen LogP contribution in [0.5, 0.6) is 5.75 Å². The van der Waals surface area contributed by atoms with Crippen molar-refractivity contribution in [2.75, 3.05) is 7.11 Å². The fraction of sp³-hybridized carbons (Fsp3) is 0.118. The number of methoxy groups -OCH3 is 1. The Balaban J connectivity index is 2.42. The second-order valence-corrected chi connectivity index (χ2v) is 5.98. The van der Waals surface area contributed by atoms with E-state index >= 15 is 0 Å². The molecule has 0 aliphatic rings. The van der Waals surface area contributed by atoms with E-state index in [0.717, 1.165) is 5.56 Å². The average Bonchev–Trinajstić information content (AvgIpc) is 2.53. The minimum atomic E-state index is -4.52. The Labute approximate surface area is 144 Å². The Hall–Kier alpha value is -1.83. The Bertz CT molecular complexity index is 863. The van der Waals surface area contributed by atoms with E-state index in [1.807, 2.05) is 6.07 Å². The van der Waals surface area contributed by atoms with Gasteiger partial charge < -0.3 is 4.74 Å². The highest BCUT2D eigenvalue weighted by Crippen LogP contribution is 2.40. The summed E-state index contributed by atoms with van der Waals surface area (Å²) in [5.74, 6) is 0.471. The van der Waals surface area contributed by atoms with E-state index in [4.69, 9.17) is 4.74 Å². The Morgan fingerprint density at radius 3 is 2.35 bits per heavy atom. The number of ether oxygens (including phenoxy) is 1. The summed E-state index contributed by atoms with van der Waals surface area (Å²) in [5.41, 5.74) is 0.639. The van der Waals surface area contributed by atoms with E-state index in [9.17, 15) is 13.2 Å². The third-order valence-corrected chi connectivity index (χ3v) is 4.52. The molecular weight excluding hydrogens is 418 g/mol. The third kappa shape index (κ3) is 2.99. The normalized spacial score (nSPS) is 11.7. The van der Waals surface area contributed by atoms with Gasteiger partial charge in [-0.25, -0.2) is 4.98 Å². The number of alkyl halides is 3. The van der Waals surface area contributed by atoms with Crippen molar-refractivity contribution in [3.8, 4) is 16.9 Å². The second kappa shape index (κ2) is 5.99. The van der Waals surface area contributed by atoms with Crippen molar-refractivity contribution in [1.29, 1.82) is 0 Å². The molecule has 0 fully saturated rings.